The molecule has 0 radical (unpaired) electrons. The Hall–Kier alpha value is -7.76. The SMILES string of the molecule is CC(=O)OC(c1cc2sccc2o1)C1C(=O)N(C(C(=O)OCc2ccc([N+](=O)[O-])cc2)=P(c2ccccc2)(c2ccccc2)c2ccccc2)C1SC(c1ccccc1)(c1ccccc1)c1ccccc1. The van der Waals surface area contributed by atoms with Crippen molar-refractivity contribution in [1.82, 2.24) is 4.90 Å². The molecule has 0 bridgehead atoms. The lowest BCUT2D eigenvalue weighted by molar-refractivity contribution is -0.384. The van der Waals surface area contributed by atoms with Crippen LogP contribution in [-0.2, 0) is 35.2 Å². The second kappa shape index (κ2) is 20.3. The molecule has 10 rings (SSSR count). The lowest BCUT2D eigenvalue weighted by Crippen LogP contribution is -2.67. The van der Waals surface area contributed by atoms with Crippen LogP contribution in [-0.4, -0.2) is 38.5 Å². The summed E-state index contributed by atoms with van der Waals surface area (Å²) in [5.74, 6) is -2.67. The van der Waals surface area contributed by atoms with Crippen molar-refractivity contribution >= 4 is 85.1 Å². The maximum Gasteiger partial charge on any atom is 0.356 e. The van der Waals surface area contributed by atoms with E-state index in [9.17, 15) is 14.9 Å². The summed E-state index contributed by atoms with van der Waals surface area (Å²) in [6, 6.07) is 68.9. The second-order valence-corrected chi connectivity index (χ2v) is 22.4. The summed E-state index contributed by atoms with van der Waals surface area (Å²) < 4.78 is 18.9. The van der Waals surface area contributed by atoms with Crippen molar-refractivity contribution in [1.29, 1.82) is 0 Å². The van der Waals surface area contributed by atoms with E-state index in [1.54, 1.807) is 17.0 Å². The molecule has 0 spiro atoms. The number of ether oxygens (including phenoxy) is 2. The predicted octanol–water partition coefficient (Wildman–Crippen LogP) is 11.4. The number of nitro benzene ring substituents is 1. The van der Waals surface area contributed by atoms with Crippen LogP contribution >= 0.6 is 30.0 Å². The number of amides is 1. The monoisotopic (exact) mass is 992 g/mol. The third-order valence-corrected chi connectivity index (χ3v) is 19.6. The number of non-ortho nitro benzene ring substituents is 1. The normalized spacial score (nSPS) is 15.1. The minimum atomic E-state index is -3.49. The van der Waals surface area contributed by atoms with Gasteiger partial charge < -0.3 is 13.9 Å². The lowest BCUT2D eigenvalue weighted by atomic mass is 9.84. The van der Waals surface area contributed by atoms with Crippen molar-refractivity contribution in [3.05, 3.63) is 262 Å². The van der Waals surface area contributed by atoms with Crippen molar-refractivity contribution < 1.29 is 33.2 Å². The summed E-state index contributed by atoms with van der Waals surface area (Å²) in [6.45, 7) is -2.44. The molecular weight excluding hydrogens is 948 g/mol. The molecule has 71 heavy (non-hydrogen) atoms. The number of furan rings is 1. The molecule has 0 aliphatic carbocycles. The standard InChI is InChI=1S/C58H45N2O8PS2/c1-40(61)67-53(50-38-51-49(68-50)36-37-70-51)52-54(62)59(56(52)71-58(42-20-8-2-9-21-42,43-22-10-3-11-23-43)44-24-12-4-13-25-44)55(57(63)66-39-41-32-34-45(35-33-41)60(64)65)69(46-26-14-5-15-27-46,47-28-16-6-17-29-47)48-30-18-7-19-31-48/h2-38,52-53,56H,39H2,1H3. The molecule has 3 atom stereocenters. The van der Waals surface area contributed by atoms with Crippen molar-refractivity contribution in [2.24, 2.45) is 5.92 Å². The van der Waals surface area contributed by atoms with Gasteiger partial charge in [0.15, 0.2) is 6.10 Å². The zero-order valence-corrected chi connectivity index (χ0v) is 40.8. The van der Waals surface area contributed by atoms with E-state index in [1.807, 2.05) is 163 Å². The fourth-order valence-corrected chi connectivity index (χ4v) is 16.6. The smallest absolute Gasteiger partial charge is 0.356 e. The van der Waals surface area contributed by atoms with E-state index >= 15 is 9.59 Å². The number of nitro groups is 1. The number of carbonyl (C=O) groups is 3. The second-order valence-electron chi connectivity index (χ2n) is 16.9. The van der Waals surface area contributed by atoms with E-state index in [4.69, 9.17) is 13.9 Å². The summed E-state index contributed by atoms with van der Waals surface area (Å²) in [7, 11) is 0. The molecule has 7 aromatic carbocycles. The number of thioether (sulfide) groups is 1. The van der Waals surface area contributed by atoms with E-state index in [1.165, 1.54) is 42.2 Å². The molecular formula is C58H45N2O8PS2. The van der Waals surface area contributed by atoms with Gasteiger partial charge in [-0.25, -0.2) is 4.79 Å². The van der Waals surface area contributed by atoms with E-state index in [0.717, 1.165) is 37.3 Å². The number of hydrogen-bond donors (Lipinski definition) is 0. The first kappa shape index (κ1) is 46.9. The van der Waals surface area contributed by atoms with E-state index in [-0.39, 0.29) is 17.7 Å². The van der Waals surface area contributed by atoms with Crippen LogP contribution in [0.25, 0.3) is 10.3 Å². The molecule has 0 N–H and O–H groups in total. The van der Waals surface area contributed by atoms with E-state index < -0.39 is 51.8 Å². The Balaban J connectivity index is 1.30. The van der Waals surface area contributed by atoms with Crippen molar-refractivity contribution in [2.45, 2.75) is 29.8 Å². The highest BCUT2D eigenvalue weighted by molar-refractivity contribution is 8.01. The first-order valence-corrected chi connectivity index (χ1v) is 26.4. The van der Waals surface area contributed by atoms with Crippen LogP contribution in [0.4, 0.5) is 5.69 Å². The maximum absolute atomic E-state index is 16.3. The van der Waals surface area contributed by atoms with Gasteiger partial charge in [-0.1, -0.05) is 182 Å². The first-order chi connectivity index (χ1) is 34.7. The van der Waals surface area contributed by atoms with Gasteiger partial charge >= 0.3 is 11.9 Å². The average Bonchev–Trinajstić information content (AvgIpc) is 4.04. The van der Waals surface area contributed by atoms with Gasteiger partial charge in [-0.2, -0.15) is 0 Å². The summed E-state index contributed by atoms with van der Waals surface area (Å²) in [6.07, 6.45) is -1.22. The molecule has 1 aliphatic heterocycles. The Morgan fingerprint density at radius 1 is 0.704 bits per heavy atom. The van der Waals surface area contributed by atoms with Crippen molar-refractivity contribution in [2.75, 3.05) is 0 Å². The van der Waals surface area contributed by atoms with Crippen LogP contribution in [0.2, 0.25) is 0 Å². The molecule has 1 fully saturated rings. The van der Waals surface area contributed by atoms with Crippen LogP contribution in [0.3, 0.4) is 0 Å². The number of carbonyl (C=O) groups excluding carboxylic acids is 3. The highest BCUT2D eigenvalue weighted by Gasteiger charge is 2.61. The van der Waals surface area contributed by atoms with E-state index in [2.05, 4.69) is 36.4 Å². The maximum atomic E-state index is 16.3. The molecule has 10 nitrogen and oxygen atoms in total. The molecule has 9 aromatic rings. The van der Waals surface area contributed by atoms with Gasteiger partial charge in [0.25, 0.3) is 5.69 Å². The summed E-state index contributed by atoms with van der Waals surface area (Å²) in [5.41, 5.74) is 3.80. The quantitative estimate of drug-likeness (QED) is 0.0232. The Kier molecular flexibility index (Phi) is 13.4. The van der Waals surface area contributed by atoms with Crippen molar-refractivity contribution in [3.8, 4) is 0 Å². The fraction of sp³-hybridized carbons (Fsp3) is 0.103. The Morgan fingerprint density at radius 3 is 1.61 bits per heavy atom. The van der Waals surface area contributed by atoms with Crippen molar-refractivity contribution in [3.63, 3.8) is 0 Å². The van der Waals surface area contributed by atoms with Gasteiger partial charge in [-0.05, 0) is 61.7 Å². The van der Waals surface area contributed by atoms with Gasteiger partial charge in [0, 0.05) is 32.0 Å². The van der Waals surface area contributed by atoms with Crippen LogP contribution < -0.4 is 15.9 Å². The Labute approximate surface area is 418 Å². The van der Waals surface area contributed by atoms with Crippen LogP contribution in [0.1, 0.15) is 41.0 Å². The number of fused-ring (bicyclic) bond motifs is 1. The first-order valence-electron chi connectivity index (χ1n) is 22.9. The molecule has 352 valence electrons. The molecule has 0 saturated carbocycles. The van der Waals surface area contributed by atoms with Crippen LogP contribution in [0, 0.1) is 16.0 Å². The number of esters is 2. The zero-order valence-electron chi connectivity index (χ0n) is 38.2. The molecule has 2 aromatic heterocycles. The van der Waals surface area contributed by atoms with E-state index in [0.29, 0.717) is 16.9 Å². The fourth-order valence-electron chi connectivity index (χ4n) is 9.53. The number of thiophene rings is 1. The Bertz CT molecular complexity index is 3160. The summed E-state index contributed by atoms with van der Waals surface area (Å²) in [4.78, 5) is 58.6. The number of hydrogen-bond acceptors (Lipinski definition) is 10. The van der Waals surface area contributed by atoms with Gasteiger partial charge in [0.2, 0.25) is 5.91 Å². The molecule has 3 heterocycles. The number of β-lactam (4-membered cyclic amide) rings is 1. The largest absolute Gasteiger partial charge is 0.456 e. The van der Waals surface area contributed by atoms with Crippen LogP contribution in [0.15, 0.2) is 228 Å². The Morgan fingerprint density at radius 2 is 1.17 bits per heavy atom. The highest BCUT2D eigenvalue weighted by Crippen LogP contribution is 2.59. The summed E-state index contributed by atoms with van der Waals surface area (Å²) >= 11 is 2.95. The van der Waals surface area contributed by atoms with Crippen LogP contribution in [0.5, 0.6) is 0 Å². The third-order valence-electron chi connectivity index (χ3n) is 12.7. The minimum absolute atomic E-state index is 0.104. The number of likely N-dealkylation sites (tertiary alicyclic amines) is 1. The third kappa shape index (κ3) is 8.80. The number of rotatable bonds is 16. The van der Waals surface area contributed by atoms with Gasteiger partial charge in [0.05, 0.1) is 14.4 Å². The molecule has 3 unspecified atom stereocenters. The zero-order chi connectivity index (χ0) is 49.0. The highest BCUT2D eigenvalue weighted by atomic mass is 32.2. The van der Waals surface area contributed by atoms with Gasteiger partial charge in [0.1, 0.15) is 34.7 Å². The lowest BCUT2D eigenvalue weighted by Gasteiger charge is -2.53. The average molecular weight is 993 g/mol. The predicted molar refractivity (Wildman–Crippen MR) is 283 cm³/mol. The molecule has 1 aliphatic rings. The number of nitrogens with zero attached hydrogens (tertiary/aromatic N) is 2. The molecule has 1 amide bonds. The molecule has 1 saturated heterocycles. The van der Waals surface area contributed by atoms with Gasteiger partial charge in [-0.15, -0.1) is 23.1 Å². The topological polar surface area (TPSA) is 129 Å². The molecule has 13 heteroatoms. The minimum Gasteiger partial charge on any atom is -0.456 e. The van der Waals surface area contributed by atoms with Gasteiger partial charge in [-0.3, -0.25) is 24.6 Å². The summed E-state index contributed by atoms with van der Waals surface area (Å²) in [5, 5.41) is 14.9. The number of benzene rings is 7.